The van der Waals surface area contributed by atoms with Crippen LogP contribution in [0.1, 0.15) is 147 Å². The maximum absolute atomic E-state index is 5.83. The Kier molecular flexibility index (Phi) is 10.4. The van der Waals surface area contributed by atoms with E-state index in [2.05, 4.69) is 132 Å². The van der Waals surface area contributed by atoms with Gasteiger partial charge in [0.25, 0.3) is 0 Å². The van der Waals surface area contributed by atoms with Crippen LogP contribution in [0.15, 0.2) is 77.8 Å². The smallest absolute Gasteiger partial charge is 0.0979 e. The minimum absolute atomic E-state index is 0.317. The fourth-order valence-corrected chi connectivity index (χ4v) is 7.53. The Balaban J connectivity index is 1.97. The molecule has 1 aliphatic carbocycles. The molecule has 4 aromatic carbocycles. The van der Waals surface area contributed by atoms with E-state index < -0.39 is 0 Å². The van der Waals surface area contributed by atoms with Crippen LogP contribution in [0.2, 0.25) is 0 Å². The van der Waals surface area contributed by atoms with E-state index in [-0.39, 0.29) is 0 Å². The lowest BCUT2D eigenvalue weighted by atomic mass is 9.85. The topological polar surface area (TPSA) is 24.7 Å². The van der Waals surface area contributed by atoms with Crippen molar-refractivity contribution in [3.05, 3.63) is 129 Å². The summed E-state index contributed by atoms with van der Waals surface area (Å²) in [5.74, 6) is 1.27. The lowest BCUT2D eigenvalue weighted by Gasteiger charge is -2.23. The van der Waals surface area contributed by atoms with E-state index in [1.54, 1.807) is 0 Å². The predicted molar refractivity (Wildman–Crippen MR) is 212 cm³/mol. The monoisotopic (exact) mass is 636 g/mol. The van der Waals surface area contributed by atoms with E-state index in [0.717, 1.165) is 42.1 Å². The summed E-state index contributed by atoms with van der Waals surface area (Å²) in [6, 6.07) is 16.4. The highest BCUT2D eigenvalue weighted by Crippen LogP contribution is 2.44. The highest BCUT2D eigenvalue weighted by atomic mass is 14.9. The first-order chi connectivity index (χ1) is 22.8. The summed E-state index contributed by atoms with van der Waals surface area (Å²) in [4.78, 5) is 11.6. The Hall–Kier alpha value is -4.04. The number of aliphatic imine (C=N–C) groups is 2. The van der Waals surface area contributed by atoms with E-state index in [4.69, 9.17) is 9.98 Å². The molecule has 0 radical (unpaired) electrons. The second kappa shape index (κ2) is 14.2. The SMILES string of the molecule is C=CCc1cc(C(C)C)c(/N=C2/C(=N/c3c(C(C)C)cc(CC=C)c(C)c3C(C)C)c3cc(CC)cc4c(C)ccc2c34)c(C(C)C)c1. The summed E-state index contributed by atoms with van der Waals surface area (Å²) in [7, 11) is 0. The molecule has 0 bridgehead atoms. The summed E-state index contributed by atoms with van der Waals surface area (Å²) in [6.45, 7) is 33.2. The van der Waals surface area contributed by atoms with Crippen molar-refractivity contribution in [2.75, 3.05) is 0 Å². The molecule has 0 atom stereocenters. The van der Waals surface area contributed by atoms with E-state index in [9.17, 15) is 0 Å². The van der Waals surface area contributed by atoms with Gasteiger partial charge in [-0.1, -0.05) is 111 Å². The maximum Gasteiger partial charge on any atom is 0.0979 e. The van der Waals surface area contributed by atoms with Crippen LogP contribution < -0.4 is 0 Å². The molecule has 0 spiro atoms. The first kappa shape index (κ1) is 35.3. The molecule has 2 heteroatoms. The van der Waals surface area contributed by atoms with Gasteiger partial charge in [-0.2, -0.15) is 0 Å². The van der Waals surface area contributed by atoms with E-state index in [1.165, 1.54) is 72.0 Å². The van der Waals surface area contributed by atoms with Gasteiger partial charge in [-0.15, -0.1) is 13.2 Å². The zero-order valence-electron chi connectivity index (χ0n) is 31.4. The lowest BCUT2D eigenvalue weighted by molar-refractivity contribution is 0.821. The summed E-state index contributed by atoms with van der Waals surface area (Å²) in [5.41, 5.74) is 18.4. The van der Waals surface area contributed by atoms with Crippen molar-refractivity contribution < 1.29 is 0 Å². The van der Waals surface area contributed by atoms with Gasteiger partial charge < -0.3 is 0 Å². The van der Waals surface area contributed by atoms with Gasteiger partial charge in [0.1, 0.15) is 0 Å². The summed E-state index contributed by atoms with van der Waals surface area (Å²) >= 11 is 0. The molecule has 0 unspecified atom stereocenters. The summed E-state index contributed by atoms with van der Waals surface area (Å²) in [5, 5.41) is 2.59. The van der Waals surface area contributed by atoms with E-state index in [0.29, 0.717) is 23.7 Å². The number of benzene rings is 4. The van der Waals surface area contributed by atoms with Crippen molar-refractivity contribution in [1.82, 2.24) is 0 Å². The van der Waals surface area contributed by atoms with Crippen molar-refractivity contribution in [1.29, 1.82) is 0 Å². The summed E-state index contributed by atoms with van der Waals surface area (Å²) < 4.78 is 0. The molecule has 0 heterocycles. The van der Waals surface area contributed by atoms with Gasteiger partial charge in [-0.3, -0.25) is 0 Å². The molecule has 0 amide bonds. The van der Waals surface area contributed by atoms with Crippen molar-refractivity contribution >= 4 is 33.6 Å². The number of hydrogen-bond acceptors (Lipinski definition) is 2. The highest BCUT2D eigenvalue weighted by Gasteiger charge is 2.31. The van der Waals surface area contributed by atoms with Gasteiger partial charge in [0.05, 0.1) is 22.8 Å². The minimum Gasteiger partial charge on any atom is -0.245 e. The molecular formula is C46H56N2. The zero-order chi connectivity index (χ0) is 35.0. The first-order valence-electron chi connectivity index (χ1n) is 18.1. The maximum atomic E-state index is 5.83. The van der Waals surface area contributed by atoms with Gasteiger partial charge in [0.2, 0.25) is 0 Å². The van der Waals surface area contributed by atoms with Crippen LogP contribution in [-0.4, -0.2) is 11.4 Å². The summed E-state index contributed by atoms with van der Waals surface area (Å²) in [6.07, 6.45) is 6.70. The van der Waals surface area contributed by atoms with Crippen LogP contribution in [0, 0.1) is 13.8 Å². The Morgan fingerprint density at radius 1 is 0.625 bits per heavy atom. The van der Waals surface area contributed by atoms with Gasteiger partial charge in [0, 0.05) is 16.5 Å². The molecule has 48 heavy (non-hydrogen) atoms. The number of hydrogen-bond donors (Lipinski definition) is 0. The third-order valence-electron chi connectivity index (χ3n) is 10.1. The van der Waals surface area contributed by atoms with Gasteiger partial charge in [0.15, 0.2) is 0 Å². The molecule has 5 rings (SSSR count). The lowest BCUT2D eigenvalue weighted by Crippen LogP contribution is -2.13. The molecule has 0 N–H and O–H groups in total. The number of nitrogens with zero attached hydrogens (tertiary/aromatic N) is 2. The molecule has 0 saturated heterocycles. The standard InChI is InChI=1S/C46H56N2/c1-14-17-33-23-36(26(4)5)43(37(24-33)27(6)7)47-45-35-20-19-30(12)39-21-32(16-3)22-40(42(35)39)46(45)48-44-38(28(8)9)25-34(18-15-2)31(13)41(44)29(10)11/h14-15,19-29H,1-2,16-18H2,3-13H3/b47-45+,48-46+. The van der Waals surface area contributed by atoms with E-state index in [1.807, 2.05) is 12.2 Å². The number of rotatable bonds is 11. The number of allylic oxidation sites excluding steroid dienone is 2. The third-order valence-corrected chi connectivity index (χ3v) is 10.1. The fourth-order valence-electron chi connectivity index (χ4n) is 7.53. The first-order valence-corrected chi connectivity index (χ1v) is 18.1. The van der Waals surface area contributed by atoms with Crippen molar-refractivity contribution in [3.8, 4) is 0 Å². The molecule has 0 saturated carbocycles. The Labute approximate surface area is 290 Å². The minimum atomic E-state index is 0.317. The van der Waals surface area contributed by atoms with Gasteiger partial charge in [-0.05, 0) is 118 Å². The predicted octanol–water partition coefficient (Wildman–Crippen LogP) is 13.2. The molecule has 0 fully saturated rings. The van der Waals surface area contributed by atoms with Crippen molar-refractivity contribution in [2.45, 2.75) is 119 Å². The largest absolute Gasteiger partial charge is 0.245 e. The Bertz CT molecular complexity index is 1930. The van der Waals surface area contributed by atoms with Crippen molar-refractivity contribution in [3.63, 3.8) is 0 Å². The molecule has 0 aliphatic heterocycles. The normalized spacial score (nSPS) is 14.6. The molecule has 1 aliphatic rings. The van der Waals surface area contributed by atoms with Crippen LogP contribution in [0.3, 0.4) is 0 Å². The van der Waals surface area contributed by atoms with Crippen LogP contribution in [0.4, 0.5) is 11.4 Å². The third kappa shape index (κ3) is 6.39. The van der Waals surface area contributed by atoms with Gasteiger partial charge >= 0.3 is 0 Å². The zero-order valence-corrected chi connectivity index (χ0v) is 31.4. The fraction of sp³-hybridized carbons (Fsp3) is 0.391. The van der Waals surface area contributed by atoms with Crippen LogP contribution in [0.5, 0.6) is 0 Å². The van der Waals surface area contributed by atoms with E-state index >= 15 is 0 Å². The van der Waals surface area contributed by atoms with Crippen molar-refractivity contribution in [2.24, 2.45) is 9.98 Å². The molecule has 0 aromatic heterocycles. The average Bonchev–Trinajstić information content (AvgIpc) is 3.32. The average molecular weight is 637 g/mol. The Morgan fingerprint density at radius 3 is 1.73 bits per heavy atom. The second-order valence-electron chi connectivity index (χ2n) is 15.0. The second-order valence-corrected chi connectivity index (χ2v) is 15.0. The van der Waals surface area contributed by atoms with Crippen LogP contribution in [0.25, 0.3) is 10.8 Å². The molecule has 2 nitrogen and oxygen atoms in total. The van der Waals surface area contributed by atoms with Gasteiger partial charge in [-0.25, -0.2) is 9.98 Å². The molecule has 250 valence electrons. The number of aryl methyl sites for hydroxylation is 2. The molecular weight excluding hydrogens is 581 g/mol. The highest BCUT2D eigenvalue weighted by molar-refractivity contribution is 6.61. The molecule has 4 aromatic rings. The van der Waals surface area contributed by atoms with Crippen LogP contribution >= 0.6 is 0 Å². The Morgan fingerprint density at radius 2 is 1.19 bits per heavy atom. The quantitative estimate of drug-likeness (QED) is 0.146. The van der Waals surface area contributed by atoms with Crippen LogP contribution in [-0.2, 0) is 19.3 Å².